The third-order valence-electron chi connectivity index (χ3n) is 6.89. The van der Waals surface area contributed by atoms with Crippen molar-refractivity contribution in [1.82, 2.24) is 20.1 Å². The van der Waals surface area contributed by atoms with Crippen molar-refractivity contribution in [2.75, 3.05) is 26.7 Å². The van der Waals surface area contributed by atoms with Crippen LogP contribution in [0.1, 0.15) is 42.9 Å². The first-order chi connectivity index (χ1) is 16.5. The minimum absolute atomic E-state index is 0.0513. The van der Waals surface area contributed by atoms with Crippen molar-refractivity contribution in [2.45, 2.75) is 38.2 Å². The van der Waals surface area contributed by atoms with E-state index in [1.807, 2.05) is 30.3 Å². The number of aromatic nitrogens is 3. The van der Waals surface area contributed by atoms with E-state index in [0.717, 1.165) is 54.4 Å². The third-order valence-corrected chi connectivity index (χ3v) is 6.89. The van der Waals surface area contributed by atoms with Gasteiger partial charge in [0.1, 0.15) is 5.75 Å². The van der Waals surface area contributed by atoms with Crippen molar-refractivity contribution in [2.24, 2.45) is 11.8 Å². The first-order valence-electron chi connectivity index (χ1n) is 11.9. The van der Waals surface area contributed by atoms with Crippen LogP contribution in [-0.4, -0.2) is 63.0 Å². The summed E-state index contributed by atoms with van der Waals surface area (Å²) in [5.74, 6) is -0.401. The molecule has 0 aliphatic carbocycles. The quantitative estimate of drug-likeness (QED) is 0.469. The van der Waals surface area contributed by atoms with Gasteiger partial charge >= 0.3 is 5.97 Å². The molecule has 0 spiro atoms. The van der Waals surface area contributed by atoms with Crippen molar-refractivity contribution >= 4 is 16.9 Å². The highest BCUT2D eigenvalue weighted by atomic mass is 16.5. The molecule has 2 aromatic heterocycles. The highest BCUT2D eigenvalue weighted by Gasteiger charge is 2.34. The number of hydrogen-bond acceptors (Lipinski definition) is 7. The van der Waals surface area contributed by atoms with Crippen molar-refractivity contribution < 1.29 is 19.7 Å². The molecule has 34 heavy (non-hydrogen) atoms. The van der Waals surface area contributed by atoms with Crippen molar-refractivity contribution in [3.05, 3.63) is 60.0 Å². The fraction of sp³-hybridized carbons (Fsp3) is 0.462. The Kier molecular flexibility index (Phi) is 8.03. The molecular formula is C26H32N4O4. The average molecular weight is 465 g/mol. The Hall–Kier alpha value is -3.10. The molecule has 3 atom stereocenters. The Labute approximate surface area is 199 Å². The Balaban J connectivity index is 1.34. The normalized spacial score (nSPS) is 19.7. The molecule has 0 saturated carbocycles. The highest BCUT2D eigenvalue weighted by molar-refractivity contribution is 5.83. The van der Waals surface area contributed by atoms with E-state index in [1.54, 1.807) is 25.7 Å². The van der Waals surface area contributed by atoms with Gasteiger partial charge in [0.15, 0.2) is 0 Å². The molecule has 1 aromatic carbocycles. The van der Waals surface area contributed by atoms with Crippen LogP contribution < -0.4 is 4.74 Å². The van der Waals surface area contributed by atoms with E-state index in [9.17, 15) is 15.0 Å². The van der Waals surface area contributed by atoms with E-state index in [4.69, 9.17) is 4.74 Å². The lowest BCUT2D eigenvalue weighted by atomic mass is 9.81. The van der Waals surface area contributed by atoms with E-state index < -0.39 is 18.0 Å². The van der Waals surface area contributed by atoms with Gasteiger partial charge in [-0.3, -0.25) is 9.78 Å². The number of ether oxygens (including phenoxy) is 1. The molecule has 180 valence electrons. The number of fused-ring (bicyclic) bond motifs is 1. The summed E-state index contributed by atoms with van der Waals surface area (Å²) in [6.07, 6.45) is 8.37. The zero-order valence-electron chi connectivity index (χ0n) is 19.5. The number of carboxylic acids is 1. The molecule has 2 N–H and O–H groups in total. The Bertz CT molecular complexity index is 1090. The number of pyridine rings is 1. The fourth-order valence-corrected chi connectivity index (χ4v) is 4.96. The van der Waals surface area contributed by atoms with Gasteiger partial charge in [0.25, 0.3) is 0 Å². The SMILES string of the molecule is COc1ccc2nccc([C@@H](O)CC[C@@H]3CCN(CCCc4ccnnc4)C[C@@H]3C(=O)O)c2c1. The summed E-state index contributed by atoms with van der Waals surface area (Å²) in [4.78, 5) is 18.7. The van der Waals surface area contributed by atoms with Crippen molar-refractivity contribution in [3.8, 4) is 5.75 Å². The van der Waals surface area contributed by atoms with Crippen LogP contribution in [0.25, 0.3) is 10.9 Å². The molecule has 1 fully saturated rings. The van der Waals surface area contributed by atoms with Crippen LogP contribution in [0, 0.1) is 11.8 Å². The molecule has 3 aromatic rings. The van der Waals surface area contributed by atoms with Gasteiger partial charge in [-0.2, -0.15) is 10.2 Å². The summed E-state index contributed by atoms with van der Waals surface area (Å²) < 4.78 is 5.33. The monoisotopic (exact) mass is 464 g/mol. The number of aliphatic hydroxyl groups is 1. The number of likely N-dealkylation sites (tertiary alicyclic amines) is 1. The largest absolute Gasteiger partial charge is 0.497 e. The number of aliphatic hydroxyl groups excluding tert-OH is 1. The Morgan fingerprint density at radius 1 is 1.24 bits per heavy atom. The predicted molar refractivity (Wildman–Crippen MR) is 129 cm³/mol. The summed E-state index contributed by atoms with van der Waals surface area (Å²) in [6.45, 7) is 2.31. The first kappa shape index (κ1) is 24.0. The number of methoxy groups -OCH3 is 1. The number of benzene rings is 1. The lowest BCUT2D eigenvalue weighted by Gasteiger charge is -2.37. The summed E-state index contributed by atoms with van der Waals surface area (Å²) in [6, 6.07) is 9.42. The predicted octanol–water partition coefficient (Wildman–Crippen LogP) is 3.50. The van der Waals surface area contributed by atoms with Crippen LogP contribution in [0.5, 0.6) is 5.75 Å². The summed E-state index contributed by atoms with van der Waals surface area (Å²) in [5.41, 5.74) is 2.75. The number of nitrogens with zero attached hydrogens (tertiary/aromatic N) is 4. The molecule has 0 bridgehead atoms. The van der Waals surface area contributed by atoms with Crippen LogP contribution in [0.2, 0.25) is 0 Å². The first-order valence-corrected chi connectivity index (χ1v) is 11.9. The second-order valence-electron chi connectivity index (χ2n) is 9.02. The molecule has 0 unspecified atom stereocenters. The Morgan fingerprint density at radius 2 is 2.12 bits per heavy atom. The van der Waals surface area contributed by atoms with Gasteiger partial charge in [-0.25, -0.2) is 0 Å². The zero-order valence-corrected chi connectivity index (χ0v) is 19.5. The summed E-state index contributed by atoms with van der Waals surface area (Å²) in [7, 11) is 1.61. The number of piperidine rings is 1. The Morgan fingerprint density at radius 3 is 2.88 bits per heavy atom. The van der Waals surface area contributed by atoms with Crippen molar-refractivity contribution in [3.63, 3.8) is 0 Å². The lowest BCUT2D eigenvalue weighted by Crippen LogP contribution is -2.44. The smallest absolute Gasteiger partial charge is 0.308 e. The van der Waals surface area contributed by atoms with Gasteiger partial charge in [-0.1, -0.05) is 0 Å². The number of carboxylic acid groups (broad SMARTS) is 1. The molecule has 1 aliphatic heterocycles. The maximum absolute atomic E-state index is 12.0. The average Bonchev–Trinajstić information content (AvgIpc) is 2.87. The van der Waals surface area contributed by atoms with Crippen LogP contribution in [-0.2, 0) is 11.2 Å². The number of hydrogen-bond donors (Lipinski definition) is 2. The molecule has 1 saturated heterocycles. The van der Waals surface area contributed by atoms with Gasteiger partial charge < -0.3 is 19.8 Å². The summed E-state index contributed by atoms with van der Waals surface area (Å²) in [5, 5.41) is 29.4. The van der Waals surface area contributed by atoms with E-state index in [0.29, 0.717) is 25.1 Å². The number of rotatable bonds is 10. The number of aliphatic carboxylic acids is 1. The second kappa shape index (κ2) is 11.4. The van der Waals surface area contributed by atoms with Crippen molar-refractivity contribution in [1.29, 1.82) is 0 Å². The van der Waals surface area contributed by atoms with Crippen LogP contribution in [0.4, 0.5) is 0 Å². The standard InChI is InChI=1S/C26H32N4O4/c1-34-20-5-6-24-22(15-20)21(9-11-27-24)25(31)7-4-19-10-14-30(17-23(19)26(32)33)13-2-3-18-8-12-28-29-16-18/h5-6,8-9,11-12,15-16,19,23,25,31H,2-4,7,10,13-14,17H2,1H3,(H,32,33)/t19-,23+,25+/m1/s1. The molecule has 1 aliphatic rings. The molecule has 8 nitrogen and oxygen atoms in total. The molecule has 0 radical (unpaired) electrons. The second-order valence-corrected chi connectivity index (χ2v) is 9.02. The van der Waals surface area contributed by atoms with Gasteiger partial charge in [0.05, 0.1) is 30.8 Å². The van der Waals surface area contributed by atoms with Crippen LogP contribution in [0.3, 0.4) is 0 Å². The summed E-state index contributed by atoms with van der Waals surface area (Å²) >= 11 is 0. The van der Waals surface area contributed by atoms with Gasteiger partial charge in [0.2, 0.25) is 0 Å². The molecule has 0 amide bonds. The van der Waals surface area contributed by atoms with Gasteiger partial charge in [-0.15, -0.1) is 0 Å². The molecular weight excluding hydrogens is 432 g/mol. The van der Waals surface area contributed by atoms with Crippen LogP contribution in [0.15, 0.2) is 48.9 Å². The molecule has 3 heterocycles. The maximum Gasteiger partial charge on any atom is 0.308 e. The lowest BCUT2D eigenvalue weighted by molar-refractivity contribution is -0.146. The van der Waals surface area contributed by atoms with E-state index in [2.05, 4.69) is 20.1 Å². The fourth-order valence-electron chi connectivity index (χ4n) is 4.96. The van der Waals surface area contributed by atoms with Crippen LogP contribution >= 0.6 is 0 Å². The van der Waals surface area contributed by atoms with E-state index in [-0.39, 0.29) is 5.92 Å². The van der Waals surface area contributed by atoms with E-state index >= 15 is 0 Å². The third kappa shape index (κ3) is 5.87. The molecule has 8 heteroatoms. The number of aryl methyl sites for hydroxylation is 1. The molecule has 4 rings (SSSR count). The zero-order chi connectivity index (χ0) is 23.9. The van der Waals surface area contributed by atoms with E-state index in [1.165, 1.54) is 0 Å². The minimum atomic E-state index is -0.748. The number of carbonyl (C=O) groups is 1. The van der Waals surface area contributed by atoms with Gasteiger partial charge in [-0.05, 0) is 92.6 Å². The minimum Gasteiger partial charge on any atom is -0.497 e. The topological polar surface area (TPSA) is 109 Å². The van der Waals surface area contributed by atoms with Gasteiger partial charge in [0, 0.05) is 24.3 Å². The maximum atomic E-state index is 12.0. The highest BCUT2D eigenvalue weighted by Crippen LogP contribution is 2.33.